The van der Waals surface area contributed by atoms with E-state index in [4.69, 9.17) is 9.47 Å². The maximum Gasteiger partial charge on any atom is 0.338 e. The number of ether oxygens (including phenoxy) is 2. The number of amides is 2. The fraction of sp³-hybridized carbons (Fsp3) is 0.500. The molecule has 124 valence electrons. The van der Waals surface area contributed by atoms with Crippen LogP contribution in [0.2, 0.25) is 0 Å². The lowest BCUT2D eigenvalue weighted by Gasteiger charge is -2.35. The highest BCUT2D eigenvalue weighted by molar-refractivity contribution is 7.10. The lowest BCUT2D eigenvalue weighted by molar-refractivity contribution is -0.136. The van der Waals surface area contributed by atoms with Crippen molar-refractivity contribution in [3.05, 3.63) is 33.7 Å². The van der Waals surface area contributed by atoms with E-state index in [1.54, 1.807) is 11.8 Å². The molecule has 1 aromatic heterocycles. The smallest absolute Gasteiger partial charge is 0.338 e. The first-order chi connectivity index (χ1) is 11.1. The van der Waals surface area contributed by atoms with Crippen molar-refractivity contribution in [3.8, 4) is 0 Å². The number of urea groups is 1. The number of nitrogens with zero attached hydrogens (tertiary/aromatic N) is 1. The Morgan fingerprint density at radius 2 is 2.39 bits per heavy atom. The topological polar surface area (TPSA) is 67.9 Å². The third kappa shape index (κ3) is 3.11. The van der Waals surface area contributed by atoms with E-state index in [1.807, 2.05) is 17.5 Å². The Labute approximate surface area is 139 Å². The van der Waals surface area contributed by atoms with Gasteiger partial charge in [0.2, 0.25) is 0 Å². The second kappa shape index (κ2) is 6.72. The van der Waals surface area contributed by atoms with Gasteiger partial charge in [0.25, 0.3) is 0 Å². The van der Waals surface area contributed by atoms with Gasteiger partial charge in [-0.05, 0) is 31.2 Å². The van der Waals surface area contributed by atoms with E-state index in [2.05, 4.69) is 5.32 Å². The Bertz CT molecular complexity index is 620. The molecule has 0 radical (unpaired) electrons. The van der Waals surface area contributed by atoms with Gasteiger partial charge in [-0.2, -0.15) is 0 Å². The average molecular weight is 336 g/mol. The summed E-state index contributed by atoms with van der Waals surface area (Å²) in [4.78, 5) is 27.3. The minimum Gasteiger partial charge on any atom is -0.466 e. The highest BCUT2D eigenvalue weighted by Gasteiger charge is 2.37. The lowest BCUT2D eigenvalue weighted by Crippen LogP contribution is -2.49. The van der Waals surface area contributed by atoms with Crippen LogP contribution in [0.1, 0.15) is 30.7 Å². The molecule has 23 heavy (non-hydrogen) atoms. The molecule has 0 saturated carbocycles. The zero-order chi connectivity index (χ0) is 16.4. The van der Waals surface area contributed by atoms with Gasteiger partial charge in [0, 0.05) is 17.2 Å². The molecule has 7 heteroatoms. The van der Waals surface area contributed by atoms with Crippen molar-refractivity contribution in [2.24, 2.45) is 0 Å². The number of rotatable bonds is 4. The second-order valence-corrected chi connectivity index (χ2v) is 6.61. The molecule has 0 aromatic carbocycles. The van der Waals surface area contributed by atoms with Crippen molar-refractivity contribution < 1.29 is 19.1 Å². The van der Waals surface area contributed by atoms with Crippen molar-refractivity contribution in [3.63, 3.8) is 0 Å². The van der Waals surface area contributed by atoms with Crippen LogP contribution < -0.4 is 5.32 Å². The zero-order valence-electron chi connectivity index (χ0n) is 13.2. The minimum atomic E-state index is -0.462. The van der Waals surface area contributed by atoms with Gasteiger partial charge in [0.1, 0.15) is 0 Å². The first kappa shape index (κ1) is 16.0. The summed E-state index contributed by atoms with van der Waals surface area (Å²) in [5.74, 6) is -0.418. The summed E-state index contributed by atoms with van der Waals surface area (Å²) in [5.41, 5.74) is 1.11. The SMILES string of the molecule is COC(=O)C1=C(C)N(C[C@@H]2CCCO2)C(=O)N[C@H]1c1cccs1. The fourth-order valence-electron chi connectivity index (χ4n) is 3.04. The summed E-state index contributed by atoms with van der Waals surface area (Å²) in [5, 5.41) is 4.84. The predicted molar refractivity (Wildman–Crippen MR) is 86.0 cm³/mol. The van der Waals surface area contributed by atoms with Crippen molar-refractivity contribution in [1.82, 2.24) is 10.2 Å². The van der Waals surface area contributed by atoms with Crippen molar-refractivity contribution >= 4 is 23.3 Å². The molecular weight excluding hydrogens is 316 g/mol. The predicted octanol–water partition coefficient (Wildman–Crippen LogP) is 2.44. The molecule has 0 aliphatic carbocycles. The van der Waals surface area contributed by atoms with Crippen LogP contribution in [0.25, 0.3) is 0 Å². The highest BCUT2D eigenvalue weighted by Crippen LogP contribution is 2.33. The highest BCUT2D eigenvalue weighted by atomic mass is 32.1. The Kier molecular flexibility index (Phi) is 4.68. The van der Waals surface area contributed by atoms with Gasteiger partial charge in [-0.15, -0.1) is 11.3 Å². The van der Waals surface area contributed by atoms with Crippen LogP contribution in [0.3, 0.4) is 0 Å². The molecule has 0 bridgehead atoms. The van der Waals surface area contributed by atoms with Gasteiger partial charge in [0.15, 0.2) is 0 Å². The molecule has 1 aromatic rings. The number of hydrogen-bond donors (Lipinski definition) is 1. The van der Waals surface area contributed by atoms with Crippen LogP contribution in [0.4, 0.5) is 4.79 Å². The number of allylic oxidation sites excluding steroid dienone is 1. The number of methoxy groups -OCH3 is 1. The number of carbonyl (C=O) groups excluding carboxylic acids is 2. The fourth-order valence-corrected chi connectivity index (χ4v) is 3.82. The van der Waals surface area contributed by atoms with Crippen LogP contribution in [-0.4, -0.2) is 43.3 Å². The van der Waals surface area contributed by atoms with Gasteiger partial charge in [-0.1, -0.05) is 6.07 Å². The summed E-state index contributed by atoms with van der Waals surface area (Å²) in [6.45, 7) is 2.97. The molecule has 1 saturated heterocycles. The molecule has 6 nitrogen and oxygen atoms in total. The summed E-state index contributed by atoms with van der Waals surface area (Å²) in [6, 6.07) is 3.14. The molecular formula is C16H20N2O4S. The minimum absolute atomic E-state index is 0.0212. The van der Waals surface area contributed by atoms with Crippen molar-refractivity contribution in [2.75, 3.05) is 20.3 Å². The van der Waals surface area contributed by atoms with Crippen LogP contribution >= 0.6 is 11.3 Å². The Balaban J connectivity index is 1.94. The molecule has 1 fully saturated rings. The number of carbonyl (C=O) groups is 2. The first-order valence-electron chi connectivity index (χ1n) is 7.64. The van der Waals surface area contributed by atoms with Crippen LogP contribution in [-0.2, 0) is 14.3 Å². The van der Waals surface area contributed by atoms with Gasteiger partial charge >= 0.3 is 12.0 Å². The van der Waals surface area contributed by atoms with Gasteiger partial charge in [-0.3, -0.25) is 4.90 Å². The maximum absolute atomic E-state index is 12.5. The molecule has 3 heterocycles. The molecule has 1 N–H and O–H groups in total. The van der Waals surface area contributed by atoms with Crippen molar-refractivity contribution in [1.29, 1.82) is 0 Å². The quantitative estimate of drug-likeness (QED) is 0.858. The molecule has 2 aliphatic rings. The first-order valence-corrected chi connectivity index (χ1v) is 8.52. The Morgan fingerprint density at radius 1 is 1.57 bits per heavy atom. The van der Waals surface area contributed by atoms with E-state index >= 15 is 0 Å². The zero-order valence-corrected chi connectivity index (χ0v) is 14.0. The van der Waals surface area contributed by atoms with Crippen molar-refractivity contribution in [2.45, 2.75) is 31.9 Å². The molecule has 2 aliphatic heterocycles. The van der Waals surface area contributed by atoms with E-state index in [9.17, 15) is 9.59 Å². The van der Waals surface area contributed by atoms with E-state index in [1.165, 1.54) is 18.4 Å². The second-order valence-electron chi connectivity index (χ2n) is 5.63. The van der Waals surface area contributed by atoms with Crippen LogP contribution in [0.15, 0.2) is 28.8 Å². The third-order valence-electron chi connectivity index (χ3n) is 4.24. The summed E-state index contributed by atoms with van der Waals surface area (Å²) in [6.07, 6.45) is 1.96. The number of hydrogen-bond acceptors (Lipinski definition) is 5. The summed E-state index contributed by atoms with van der Waals surface area (Å²) >= 11 is 1.50. The maximum atomic E-state index is 12.5. The van der Waals surface area contributed by atoms with Crippen LogP contribution in [0.5, 0.6) is 0 Å². The largest absolute Gasteiger partial charge is 0.466 e. The molecule has 2 atom stereocenters. The summed E-state index contributed by atoms with van der Waals surface area (Å²) < 4.78 is 10.6. The monoisotopic (exact) mass is 336 g/mol. The normalized spacial score (nSPS) is 24.8. The van der Waals surface area contributed by atoms with Gasteiger partial charge in [0.05, 0.1) is 31.4 Å². The average Bonchev–Trinajstić information content (AvgIpc) is 3.23. The number of thiophene rings is 1. The third-order valence-corrected chi connectivity index (χ3v) is 5.18. The lowest BCUT2D eigenvalue weighted by atomic mass is 10.00. The molecule has 2 amide bonds. The molecule has 3 rings (SSSR count). The standard InChI is InChI=1S/C16H20N2O4S/c1-10-13(15(19)21-2)14(12-6-4-8-23-12)17-16(20)18(10)9-11-5-3-7-22-11/h4,6,8,11,14H,3,5,7,9H2,1-2H3,(H,17,20)/t11-,14-/m0/s1. The molecule has 0 unspecified atom stereocenters. The van der Waals surface area contributed by atoms with E-state index in [0.717, 1.165) is 24.3 Å². The van der Waals surface area contributed by atoms with Gasteiger partial charge in [-0.25, -0.2) is 9.59 Å². The Morgan fingerprint density at radius 3 is 3.00 bits per heavy atom. The number of nitrogens with one attached hydrogen (secondary N) is 1. The molecule has 0 spiro atoms. The van der Waals surface area contributed by atoms with E-state index in [-0.39, 0.29) is 12.1 Å². The number of esters is 1. The summed E-state index contributed by atoms with van der Waals surface area (Å²) in [7, 11) is 1.36. The van der Waals surface area contributed by atoms with E-state index in [0.29, 0.717) is 17.8 Å². The van der Waals surface area contributed by atoms with Gasteiger partial charge < -0.3 is 14.8 Å². The van der Waals surface area contributed by atoms with Crippen LogP contribution in [0, 0.1) is 0 Å². The Hall–Kier alpha value is -1.86. The van der Waals surface area contributed by atoms with E-state index < -0.39 is 12.0 Å².